The maximum atomic E-state index is 13.3. The van der Waals surface area contributed by atoms with E-state index in [-0.39, 0.29) is 126 Å². The second kappa shape index (κ2) is 41.1. The van der Waals surface area contributed by atoms with Crippen LogP contribution in [0.2, 0.25) is 0 Å². The van der Waals surface area contributed by atoms with E-state index in [2.05, 4.69) is 10.6 Å². The molecule has 93 heavy (non-hydrogen) atoms. The number of Topliss-reactive ketones (excluding diaryl/α,β-unsaturated/α-hetero) is 3. The van der Waals surface area contributed by atoms with Gasteiger partial charge in [-0.05, 0) is 45.4 Å². The van der Waals surface area contributed by atoms with E-state index in [9.17, 15) is 105 Å². The number of aliphatic hydroxyl groups excluding tert-OH is 13. The number of ether oxygens (including phenoxy) is 8. The van der Waals surface area contributed by atoms with Crippen molar-refractivity contribution in [2.75, 3.05) is 65.8 Å². The van der Waals surface area contributed by atoms with E-state index in [0.29, 0.717) is 82.1 Å². The Morgan fingerprint density at radius 2 is 0.839 bits per heavy atom. The smallest absolute Gasteiger partial charge is 0.333 e. The summed E-state index contributed by atoms with van der Waals surface area (Å²) in [5, 5.41) is 140. The molecular weight excluding hydrogens is 1240 g/mol. The number of carbonyl (C=O) groups is 8. The van der Waals surface area contributed by atoms with Gasteiger partial charge in [0.25, 0.3) is 11.8 Å². The van der Waals surface area contributed by atoms with Gasteiger partial charge >= 0.3 is 5.97 Å². The molecule has 0 radical (unpaired) electrons. The van der Waals surface area contributed by atoms with Crippen molar-refractivity contribution in [3.63, 3.8) is 0 Å². The molecular formula is C59H98N4O30. The van der Waals surface area contributed by atoms with Crippen LogP contribution in [0.15, 0.2) is 0 Å². The molecule has 534 valence electrons. The summed E-state index contributed by atoms with van der Waals surface area (Å²) in [6.07, 6.45) is -25.0. The fourth-order valence-electron chi connectivity index (χ4n) is 11.0. The van der Waals surface area contributed by atoms with Gasteiger partial charge in [-0.25, -0.2) is 4.79 Å². The summed E-state index contributed by atoms with van der Waals surface area (Å²) in [5.74, 6) is -3.04. The van der Waals surface area contributed by atoms with Crippen molar-refractivity contribution in [1.82, 2.24) is 20.6 Å². The lowest BCUT2D eigenvalue weighted by atomic mass is 9.96. The summed E-state index contributed by atoms with van der Waals surface area (Å²) >= 11 is 0. The van der Waals surface area contributed by atoms with Crippen LogP contribution >= 0.6 is 0 Å². The first-order valence-electron chi connectivity index (χ1n) is 32.1. The number of imide groups is 1. The van der Waals surface area contributed by atoms with Crippen LogP contribution in [0.3, 0.4) is 0 Å². The Labute approximate surface area is 537 Å². The Morgan fingerprint density at radius 1 is 0.452 bits per heavy atom. The third-order valence-corrected chi connectivity index (χ3v) is 16.5. The summed E-state index contributed by atoms with van der Waals surface area (Å²) < 4.78 is 44.3. The van der Waals surface area contributed by atoms with Gasteiger partial charge in [0.1, 0.15) is 109 Å². The molecule has 34 nitrogen and oxygen atoms in total. The van der Waals surface area contributed by atoms with Crippen LogP contribution in [0.25, 0.3) is 0 Å². The maximum Gasteiger partial charge on any atom is 0.333 e. The normalized spacial score (nSPS) is 32.4. The van der Waals surface area contributed by atoms with Gasteiger partial charge in [-0.1, -0.05) is 38.5 Å². The fourth-order valence-corrected chi connectivity index (χ4v) is 11.0. The molecule has 15 N–H and O–H groups in total. The van der Waals surface area contributed by atoms with E-state index in [0.717, 1.165) is 0 Å². The zero-order chi connectivity index (χ0) is 68.3. The van der Waals surface area contributed by atoms with Gasteiger partial charge in [0, 0.05) is 64.5 Å². The summed E-state index contributed by atoms with van der Waals surface area (Å²) in [4.78, 5) is 107. The zero-order valence-electron chi connectivity index (χ0n) is 52.4. The molecule has 0 unspecified atom stereocenters. The van der Waals surface area contributed by atoms with Gasteiger partial charge in [0.05, 0.1) is 58.8 Å². The van der Waals surface area contributed by atoms with E-state index >= 15 is 0 Å². The third-order valence-electron chi connectivity index (χ3n) is 16.5. The Bertz CT molecular complexity index is 2310. The molecule has 0 saturated carbocycles. The quantitative estimate of drug-likeness (QED) is 0.0200. The van der Waals surface area contributed by atoms with Gasteiger partial charge in [-0.2, -0.15) is 0 Å². The topological polar surface area (TPSA) is 513 Å². The molecule has 5 aliphatic heterocycles. The van der Waals surface area contributed by atoms with Gasteiger partial charge < -0.3 is 120 Å². The van der Waals surface area contributed by atoms with Crippen molar-refractivity contribution in [1.29, 1.82) is 0 Å². The fraction of sp³-hybridized carbons (Fsp3) is 0.864. The zero-order valence-corrected chi connectivity index (χ0v) is 52.4. The molecule has 34 heteroatoms. The number of hydrogen-bond donors (Lipinski definition) is 15. The highest BCUT2D eigenvalue weighted by atomic mass is 16.8. The molecule has 5 rings (SSSR count). The Kier molecular flexibility index (Phi) is 35.0. The first-order chi connectivity index (χ1) is 44.3. The lowest BCUT2D eigenvalue weighted by molar-refractivity contribution is -0.366. The highest BCUT2D eigenvalue weighted by Crippen LogP contribution is 2.31. The largest absolute Gasteiger partial charge is 0.394 e. The average Bonchev–Trinajstić information content (AvgIpc) is 1.65. The number of carbonyl (C=O) groups excluding carboxylic acids is 8. The van der Waals surface area contributed by atoms with Gasteiger partial charge in [-0.15, -0.1) is 5.06 Å². The SMILES string of the molecule is C[C@@H]1O[C@@H](OCCNC(=O)CCCCCCC(=O)CN(CC(=O)CCCCCCC(=O)NCCO[C@H]2O[C@H](CO[C@H]3O[C@H](CO)[C@@H](O)[C@H](O)[C@@H]3O)[C@@H](O)[C@H](O[C@H]3O[C@H](CO)[C@@H](O)[C@H](O)[C@@H]3O)[C@@H]2O)CC(=O)CCCCCCC(=O)ON2C(=O)CCC2=O)[C@@H](O)[C@H](O)[C@@H]1O. The molecule has 0 aromatic rings. The molecule has 0 spiro atoms. The van der Waals surface area contributed by atoms with E-state index in [1.807, 2.05) is 0 Å². The highest BCUT2D eigenvalue weighted by Gasteiger charge is 2.52. The van der Waals surface area contributed by atoms with Crippen LogP contribution in [0.4, 0.5) is 0 Å². The van der Waals surface area contributed by atoms with Crippen LogP contribution in [-0.2, 0) is 81.1 Å². The first kappa shape index (κ1) is 79.4. The molecule has 4 amide bonds. The number of ketones is 3. The lowest BCUT2D eigenvalue weighted by Crippen LogP contribution is -2.65. The molecule has 5 aliphatic rings. The number of nitrogens with zero attached hydrogens (tertiary/aromatic N) is 2. The van der Waals surface area contributed by atoms with E-state index in [4.69, 9.17) is 42.7 Å². The second-order valence-electron chi connectivity index (χ2n) is 24.0. The Hall–Kier alpha value is -4.32. The molecule has 20 atom stereocenters. The number of nitrogens with one attached hydrogen (secondary N) is 2. The minimum absolute atomic E-state index is 0.0131. The van der Waals surface area contributed by atoms with E-state index in [1.54, 1.807) is 0 Å². The lowest BCUT2D eigenvalue weighted by Gasteiger charge is -2.46. The summed E-state index contributed by atoms with van der Waals surface area (Å²) in [5.41, 5.74) is 0. The Morgan fingerprint density at radius 3 is 1.30 bits per heavy atom. The number of hydroxylamine groups is 2. The van der Waals surface area contributed by atoms with Crippen LogP contribution in [-0.4, -0.2) is 312 Å². The summed E-state index contributed by atoms with van der Waals surface area (Å²) in [7, 11) is 0. The Balaban J connectivity index is 1.01. The number of rotatable bonds is 43. The summed E-state index contributed by atoms with van der Waals surface area (Å²) in [6.45, 7) is -1.50. The van der Waals surface area contributed by atoms with Crippen molar-refractivity contribution in [3.8, 4) is 0 Å². The van der Waals surface area contributed by atoms with Gasteiger partial charge in [-0.3, -0.25) is 38.5 Å². The minimum atomic E-state index is -1.95. The number of hydrogen-bond acceptors (Lipinski definition) is 31. The van der Waals surface area contributed by atoms with Gasteiger partial charge in [0.15, 0.2) is 25.2 Å². The first-order valence-corrected chi connectivity index (χ1v) is 32.1. The average molecular weight is 1340 g/mol. The van der Waals surface area contributed by atoms with E-state index < -0.39 is 160 Å². The number of unbranched alkanes of at least 4 members (excludes halogenated alkanes) is 9. The maximum absolute atomic E-state index is 13.3. The molecule has 5 fully saturated rings. The summed E-state index contributed by atoms with van der Waals surface area (Å²) in [6, 6.07) is 0. The molecule has 0 aliphatic carbocycles. The van der Waals surface area contributed by atoms with Crippen LogP contribution in [0.1, 0.15) is 135 Å². The van der Waals surface area contributed by atoms with Crippen molar-refractivity contribution in [3.05, 3.63) is 0 Å². The van der Waals surface area contributed by atoms with Crippen LogP contribution in [0.5, 0.6) is 0 Å². The highest BCUT2D eigenvalue weighted by molar-refractivity contribution is 6.01. The van der Waals surface area contributed by atoms with Crippen LogP contribution in [0, 0.1) is 0 Å². The van der Waals surface area contributed by atoms with Gasteiger partial charge in [0.2, 0.25) is 11.8 Å². The van der Waals surface area contributed by atoms with Crippen molar-refractivity contribution < 1.29 is 147 Å². The van der Waals surface area contributed by atoms with Crippen molar-refractivity contribution in [2.45, 2.75) is 258 Å². The molecule has 0 aromatic carbocycles. The monoisotopic (exact) mass is 1340 g/mol. The molecule has 0 bridgehead atoms. The van der Waals surface area contributed by atoms with Crippen molar-refractivity contribution >= 4 is 46.9 Å². The predicted molar refractivity (Wildman–Crippen MR) is 311 cm³/mol. The standard InChI is InChI=1S/C59H98N4O30/c1-32-44(74)48(78)51(81)56(88-32)85-24-22-60-39(69)17-11-5-2-8-14-33(66)26-62(28-35(68)16-10-4-7-13-19-43(73)93-63-41(71)20-21-42(63)72)27-34(67)15-9-3-6-12-18-40(70)61-23-25-86-58-54(84)55(92-59-53(83)50(80)46(76)37(30-65)90-59)47(77)38(91-58)31-87-57-52(82)49(79)45(75)36(29-64)89-57/h32,36-38,44-59,64-65,74-84H,2-31H2,1H3,(H,60,69)(H,61,70)/t32-,36+,37+,38+,44+,45+,46+,47+,48+,49-,50-,51-,52-,53-,54-,55-,56+,57-,58-,59+/m0/s1. The minimum Gasteiger partial charge on any atom is -0.394 e. The number of aliphatic hydroxyl groups is 13. The predicted octanol–water partition coefficient (Wildman–Crippen LogP) is -5.83. The molecule has 5 saturated heterocycles. The third kappa shape index (κ3) is 25.6. The number of amides is 4. The van der Waals surface area contributed by atoms with Crippen molar-refractivity contribution in [2.24, 2.45) is 0 Å². The molecule has 5 heterocycles. The molecule has 0 aromatic heterocycles. The van der Waals surface area contributed by atoms with Crippen LogP contribution < -0.4 is 10.6 Å². The van der Waals surface area contributed by atoms with E-state index in [1.165, 1.54) is 11.8 Å². The second-order valence-corrected chi connectivity index (χ2v) is 24.0.